The Labute approximate surface area is 125 Å². The number of carbonyl (C=O) groups excluding carboxylic acids is 1. The van der Waals surface area contributed by atoms with E-state index in [2.05, 4.69) is 5.32 Å². The highest BCUT2D eigenvalue weighted by Crippen LogP contribution is 2.21. The maximum atomic E-state index is 11.8. The van der Waals surface area contributed by atoms with Gasteiger partial charge < -0.3 is 14.8 Å². The summed E-state index contributed by atoms with van der Waals surface area (Å²) < 4.78 is 10.8. The van der Waals surface area contributed by atoms with Crippen molar-refractivity contribution in [2.75, 3.05) is 19.8 Å². The Morgan fingerprint density at radius 1 is 1.45 bits per heavy atom. The highest BCUT2D eigenvalue weighted by Gasteiger charge is 2.14. The fraction of sp³-hybridized carbons (Fsp3) is 0.533. The van der Waals surface area contributed by atoms with Gasteiger partial charge in [0.25, 0.3) is 5.91 Å². The number of benzene rings is 1. The zero-order chi connectivity index (χ0) is 15.0. The van der Waals surface area contributed by atoms with Crippen LogP contribution in [-0.4, -0.2) is 31.8 Å². The summed E-state index contributed by atoms with van der Waals surface area (Å²) in [6.07, 6.45) is 0.259. The molecule has 0 saturated carbocycles. The van der Waals surface area contributed by atoms with Crippen molar-refractivity contribution in [2.24, 2.45) is 0 Å². The molecule has 0 fully saturated rings. The summed E-state index contributed by atoms with van der Waals surface area (Å²) in [6, 6.07) is 5.34. The monoisotopic (exact) mass is 299 g/mol. The second kappa shape index (κ2) is 8.82. The lowest BCUT2D eigenvalue weighted by Crippen LogP contribution is -2.37. The molecule has 0 aromatic heterocycles. The molecule has 4 nitrogen and oxygen atoms in total. The van der Waals surface area contributed by atoms with Crippen LogP contribution in [0.25, 0.3) is 0 Å². The average molecular weight is 300 g/mol. The largest absolute Gasteiger partial charge is 0.481 e. The number of rotatable bonds is 8. The molecule has 1 rings (SSSR count). The van der Waals surface area contributed by atoms with Crippen LogP contribution in [0, 0.1) is 6.92 Å². The van der Waals surface area contributed by atoms with Crippen molar-refractivity contribution in [3.05, 3.63) is 28.8 Å². The van der Waals surface area contributed by atoms with Crippen molar-refractivity contribution in [1.82, 2.24) is 5.32 Å². The van der Waals surface area contributed by atoms with Gasteiger partial charge in [0.05, 0.1) is 0 Å². The first-order valence-corrected chi connectivity index (χ1v) is 7.20. The summed E-state index contributed by atoms with van der Waals surface area (Å²) in [5, 5.41) is 3.50. The zero-order valence-corrected chi connectivity index (χ0v) is 13.0. The van der Waals surface area contributed by atoms with E-state index in [1.807, 2.05) is 19.9 Å². The molecule has 0 aliphatic carbocycles. The van der Waals surface area contributed by atoms with E-state index in [1.54, 1.807) is 19.1 Å². The Balaban J connectivity index is 2.35. The van der Waals surface area contributed by atoms with Crippen molar-refractivity contribution in [1.29, 1.82) is 0 Å². The van der Waals surface area contributed by atoms with Crippen LogP contribution in [0.2, 0.25) is 5.02 Å². The van der Waals surface area contributed by atoms with Crippen LogP contribution in [-0.2, 0) is 9.53 Å². The van der Waals surface area contributed by atoms with Crippen molar-refractivity contribution in [2.45, 2.75) is 33.3 Å². The van der Waals surface area contributed by atoms with Crippen molar-refractivity contribution in [3.8, 4) is 5.75 Å². The minimum absolute atomic E-state index is 0.130. The van der Waals surface area contributed by atoms with E-state index >= 15 is 0 Å². The Hall–Kier alpha value is -1.26. The number of ether oxygens (including phenoxy) is 2. The molecule has 0 saturated heterocycles. The molecule has 0 radical (unpaired) electrons. The molecule has 1 amide bonds. The number of halogens is 1. The molecule has 0 aliphatic rings. The molecule has 0 bridgehead atoms. The number of carbonyl (C=O) groups is 1. The fourth-order valence-electron chi connectivity index (χ4n) is 1.62. The molecule has 1 N–H and O–H groups in total. The maximum Gasteiger partial charge on any atom is 0.260 e. The van der Waals surface area contributed by atoms with E-state index in [1.165, 1.54) is 0 Å². The lowest BCUT2D eigenvalue weighted by Gasteiger charge is -2.15. The van der Waals surface area contributed by atoms with Gasteiger partial charge in [-0.3, -0.25) is 4.79 Å². The first-order valence-electron chi connectivity index (χ1n) is 6.83. The molecular weight excluding hydrogens is 278 g/mol. The van der Waals surface area contributed by atoms with E-state index < -0.39 is 6.10 Å². The third kappa shape index (κ3) is 5.80. The van der Waals surface area contributed by atoms with Crippen LogP contribution in [0.4, 0.5) is 0 Å². The third-order valence-electron chi connectivity index (χ3n) is 2.78. The lowest BCUT2D eigenvalue weighted by atomic mass is 10.2. The number of amides is 1. The van der Waals surface area contributed by atoms with Gasteiger partial charge in [0, 0.05) is 24.8 Å². The molecule has 20 heavy (non-hydrogen) atoms. The number of aryl methyl sites for hydroxylation is 1. The van der Waals surface area contributed by atoms with Gasteiger partial charge in [-0.1, -0.05) is 11.6 Å². The summed E-state index contributed by atoms with van der Waals surface area (Å²) in [5.41, 5.74) is 0.925. The molecule has 5 heteroatoms. The second-order valence-electron chi connectivity index (χ2n) is 4.51. The van der Waals surface area contributed by atoms with E-state index in [0.717, 1.165) is 12.0 Å². The highest BCUT2D eigenvalue weighted by molar-refractivity contribution is 6.31. The SMILES string of the molecule is CCOCCCNC(=O)C(C)Oc1ccc(Cl)c(C)c1. The van der Waals surface area contributed by atoms with Crippen LogP contribution in [0.5, 0.6) is 5.75 Å². The van der Waals surface area contributed by atoms with Gasteiger partial charge in [0.15, 0.2) is 6.10 Å². The smallest absolute Gasteiger partial charge is 0.260 e. The predicted octanol–water partition coefficient (Wildman–Crippen LogP) is 2.96. The predicted molar refractivity (Wildman–Crippen MR) is 80.4 cm³/mol. The molecule has 1 aromatic rings. The summed E-state index contributed by atoms with van der Waals surface area (Å²) in [6.45, 7) is 7.51. The van der Waals surface area contributed by atoms with Gasteiger partial charge >= 0.3 is 0 Å². The van der Waals surface area contributed by atoms with Crippen molar-refractivity contribution in [3.63, 3.8) is 0 Å². The van der Waals surface area contributed by atoms with E-state index in [0.29, 0.717) is 30.5 Å². The highest BCUT2D eigenvalue weighted by atomic mass is 35.5. The van der Waals surface area contributed by atoms with Crippen LogP contribution in [0.15, 0.2) is 18.2 Å². The quantitative estimate of drug-likeness (QED) is 0.751. The van der Waals surface area contributed by atoms with Crippen LogP contribution < -0.4 is 10.1 Å². The van der Waals surface area contributed by atoms with Crippen LogP contribution >= 0.6 is 11.6 Å². The Morgan fingerprint density at radius 2 is 2.20 bits per heavy atom. The van der Waals surface area contributed by atoms with Crippen LogP contribution in [0.3, 0.4) is 0 Å². The molecule has 1 atom stereocenters. The molecule has 1 aromatic carbocycles. The topological polar surface area (TPSA) is 47.6 Å². The Bertz CT molecular complexity index is 437. The minimum Gasteiger partial charge on any atom is -0.481 e. The Morgan fingerprint density at radius 3 is 2.85 bits per heavy atom. The lowest BCUT2D eigenvalue weighted by molar-refractivity contribution is -0.127. The Kier molecular flexibility index (Phi) is 7.41. The third-order valence-corrected chi connectivity index (χ3v) is 3.20. The van der Waals surface area contributed by atoms with E-state index in [9.17, 15) is 4.79 Å². The van der Waals surface area contributed by atoms with Crippen LogP contribution in [0.1, 0.15) is 25.8 Å². The van der Waals surface area contributed by atoms with Crippen molar-refractivity contribution < 1.29 is 14.3 Å². The number of hydrogen-bond donors (Lipinski definition) is 1. The van der Waals surface area contributed by atoms with Gasteiger partial charge in [-0.25, -0.2) is 0 Å². The summed E-state index contributed by atoms with van der Waals surface area (Å²) in [7, 11) is 0. The van der Waals surface area contributed by atoms with Gasteiger partial charge in [-0.05, 0) is 51.0 Å². The van der Waals surface area contributed by atoms with Gasteiger partial charge in [0.2, 0.25) is 0 Å². The standard InChI is InChI=1S/C15H22ClNO3/c1-4-19-9-5-8-17-15(18)12(3)20-13-6-7-14(16)11(2)10-13/h6-7,10,12H,4-5,8-9H2,1-3H3,(H,17,18). The number of hydrogen-bond acceptors (Lipinski definition) is 3. The first-order chi connectivity index (χ1) is 9.54. The second-order valence-corrected chi connectivity index (χ2v) is 4.92. The van der Waals surface area contributed by atoms with Gasteiger partial charge in [-0.15, -0.1) is 0 Å². The van der Waals surface area contributed by atoms with Crippen molar-refractivity contribution >= 4 is 17.5 Å². The summed E-state index contributed by atoms with van der Waals surface area (Å²) in [4.78, 5) is 11.8. The van der Waals surface area contributed by atoms with Gasteiger partial charge in [0.1, 0.15) is 5.75 Å². The minimum atomic E-state index is -0.539. The molecule has 1 unspecified atom stereocenters. The molecule has 112 valence electrons. The fourth-order valence-corrected chi connectivity index (χ4v) is 1.74. The zero-order valence-electron chi connectivity index (χ0n) is 12.2. The summed E-state index contributed by atoms with van der Waals surface area (Å²) >= 11 is 5.94. The summed E-state index contributed by atoms with van der Waals surface area (Å²) in [5.74, 6) is 0.512. The molecular formula is C15H22ClNO3. The molecule has 0 aliphatic heterocycles. The van der Waals surface area contributed by atoms with Gasteiger partial charge in [-0.2, -0.15) is 0 Å². The van der Waals surface area contributed by atoms with E-state index in [-0.39, 0.29) is 5.91 Å². The molecule has 0 spiro atoms. The normalized spacial score (nSPS) is 12.0. The first kappa shape index (κ1) is 16.8. The number of nitrogens with one attached hydrogen (secondary N) is 1. The molecule has 0 heterocycles. The van der Waals surface area contributed by atoms with E-state index in [4.69, 9.17) is 21.1 Å². The average Bonchev–Trinajstić information content (AvgIpc) is 2.42. The maximum absolute atomic E-state index is 11.8.